The molecule has 1 aromatic carbocycles. The molecule has 0 radical (unpaired) electrons. The lowest BCUT2D eigenvalue weighted by molar-refractivity contribution is 0.0173. The molecule has 21 heavy (non-hydrogen) atoms. The molecule has 1 aliphatic rings. The Labute approximate surface area is 125 Å². The molecule has 0 bridgehead atoms. The maximum atomic E-state index is 6.18. The lowest BCUT2D eigenvalue weighted by Crippen LogP contribution is -2.16. The average Bonchev–Trinajstić information content (AvgIpc) is 3.04. The second-order valence-electron chi connectivity index (χ2n) is 6.06. The van der Waals surface area contributed by atoms with Crippen LogP contribution in [0.5, 0.6) is 0 Å². The van der Waals surface area contributed by atoms with Gasteiger partial charge in [-0.05, 0) is 42.5 Å². The molecule has 108 valence electrons. The van der Waals surface area contributed by atoms with Gasteiger partial charge in [-0.3, -0.25) is 0 Å². The van der Waals surface area contributed by atoms with E-state index in [1.807, 2.05) is 0 Å². The molecular weight excluding hydrogens is 258 g/mol. The zero-order valence-electron chi connectivity index (χ0n) is 12.3. The molecule has 1 fully saturated rings. The van der Waals surface area contributed by atoms with Crippen LogP contribution < -0.4 is 0 Å². The summed E-state index contributed by atoms with van der Waals surface area (Å²) < 4.78 is 8.45. The largest absolute Gasteiger partial charge is 0.373 e. The molecule has 1 saturated carbocycles. The molecule has 0 N–H and O–H groups in total. The third-order valence-electron chi connectivity index (χ3n) is 4.63. The van der Waals surface area contributed by atoms with E-state index in [1.165, 1.54) is 54.1 Å². The molecule has 2 heterocycles. The minimum absolute atomic E-state index is 0.459. The quantitative estimate of drug-likeness (QED) is 0.662. The van der Waals surface area contributed by atoms with Gasteiger partial charge in [0.25, 0.3) is 0 Å². The Kier molecular flexibility index (Phi) is 3.40. The van der Waals surface area contributed by atoms with E-state index >= 15 is 0 Å². The Bertz CT molecular complexity index is 752. The van der Waals surface area contributed by atoms with E-state index in [0.717, 1.165) is 6.61 Å². The summed E-state index contributed by atoms with van der Waals surface area (Å²) in [5.74, 6) is 0. The Morgan fingerprint density at radius 2 is 1.76 bits per heavy atom. The van der Waals surface area contributed by atoms with Crippen molar-refractivity contribution >= 4 is 16.4 Å². The average molecular weight is 279 g/mol. The number of hydrogen-bond donors (Lipinski definition) is 0. The van der Waals surface area contributed by atoms with Crippen LogP contribution in [0.1, 0.15) is 37.7 Å². The van der Waals surface area contributed by atoms with Gasteiger partial charge in [0.15, 0.2) is 0 Å². The molecule has 0 atom stereocenters. The van der Waals surface area contributed by atoms with Crippen molar-refractivity contribution in [3.05, 3.63) is 54.2 Å². The second kappa shape index (κ2) is 5.53. The van der Waals surface area contributed by atoms with Gasteiger partial charge in [-0.1, -0.05) is 37.5 Å². The topological polar surface area (TPSA) is 13.6 Å². The van der Waals surface area contributed by atoms with Crippen LogP contribution in [0.2, 0.25) is 0 Å². The number of pyridine rings is 1. The van der Waals surface area contributed by atoms with Gasteiger partial charge < -0.3 is 9.14 Å². The van der Waals surface area contributed by atoms with Crippen molar-refractivity contribution in [2.24, 2.45) is 0 Å². The number of hydrogen-bond acceptors (Lipinski definition) is 1. The summed E-state index contributed by atoms with van der Waals surface area (Å²) in [4.78, 5) is 0. The summed E-state index contributed by atoms with van der Waals surface area (Å²) in [6, 6.07) is 15.1. The number of aromatic nitrogens is 1. The van der Waals surface area contributed by atoms with Gasteiger partial charge in [0.2, 0.25) is 0 Å². The maximum absolute atomic E-state index is 6.18. The molecule has 3 aromatic rings. The normalized spacial score (nSPS) is 16.8. The SMILES string of the molecule is c1ccc2c(c1)cc(COC1CCCCC1)c1cccn12. The van der Waals surface area contributed by atoms with Gasteiger partial charge in [-0.25, -0.2) is 0 Å². The first-order chi connectivity index (χ1) is 10.4. The van der Waals surface area contributed by atoms with Crippen LogP contribution >= 0.6 is 0 Å². The highest BCUT2D eigenvalue weighted by Crippen LogP contribution is 2.25. The molecule has 0 saturated heterocycles. The van der Waals surface area contributed by atoms with Crippen molar-refractivity contribution in [3.8, 4) is 0 Å². The molecule has 2 aromatic heterocycles. The van der Waals surface area contributed by atoms with Crippen molar-refractivity contribution in [3.63, 3.8) is 0 Å². The number of para-hydroxylation sites is 1. The van der Waals surface area contributed by atoms with Crippen LogP contribution in [0.15, 0.2) is 48.7 Å². The van der Waals surface area contributed by atoms with Crippen LogP contribution in [0.4, 0.5) is 0 Å². The van der Waals surface area contributed by atoms with Crippen molar-refractivity contribution in [2.75, 3.05) is 0 Å². The van der Waals surface area contributed by atoms with Crippen LogP contribution in [-0.4, -0.2) is 10.5 Å². The fourth-order valence-electron chi connectivity index (χ4n) is 3.50. The number of rotatable bonds is 3. The zero-order chi connectivity index (χ0) is 14.1. The molecule has 0 spiro atoms. The van der Waals surface area contributed by atoms with E-state index in [2.05, 4.69) is 53.1 Å². The Morgan fingerprint density at radius 1 is 0.952 bits per heavy atom. The van der Waals surface area contributed by atoms with Gasteiger partial charge in [0.05, 0.1) is 23.7 Å². The summed E-state index contributed by atoms with van der Waals surface area (Å²) in [7, 11) is 0. The van der Waals surface area contributed by atoms with Crippen LogP contribution in [0.3, 0.4) is 0 Å². The molecule has 0 amide bonds. The number of nitrogens with zero attached hydrogens (tertiary/aromatic N) is 1. The maximum Gasteiger partial charge on any atom is 0.0741 e. The highest BCUT2D eigenvalue weighted by molar-refractivity contribution is 5.84. The van der Waals surface area contributed by atoms with E-state index in [4.69, 9.17) is 4.74 Å². The Hall–Kier alpha value is -1.80. The summed E-state index contributed by atoms with van der Waals surface area (Å²) >= 11 is 0. The van der Waals surface area contributed by atoms with Crippen LogP contribution in [0, 0.1) is 0 Å². The van der Waals surface area contributed by atoms with E-state index < -0.39 is 0 Å². The van der Waals surface area contributed by atoms with Crippen LogP contribution in [0.25, 0.3) is 16.4 Å². The van der Waals surface area contributed by atoms with E-state index in [-0.39, 0.29) is 0 Å². The van der Waals surface area contributed by atoms with Gasteiger partial charge in [-0.15, -0.1) is 0 Å². The zero-order valence-corrected chi connectivity index (χ0v) is 12.3. The monoisotopic (exact) mass is 279 g/mol. The predicted molar refractivity (Wildman–Crippen MR) is 86.6 cm³/mol. The summed E-state index contributed by atoms with van der Waals surface area (Å²) in [5.41, 5.74) is 3.83. The minimum atomic E-state index is 0.459. The third kappa shape index (κ3) is 2.44. The second-order valence-corrected chi connectivity index (χ2v) is 6.06. The summed E-state index contributed by atoms with van der Waals surface area (Å²) in [6.07, 6.45) is 9.07. The van der Waals surface area contributed by atoms with Gasteiger partial charge in [0, 0.05) is 11.8 Å². The summed E-state index contributed by atoms with van der Waals surface area (Å²) in [6.45, 7) is 0.725. The first-order valence-corrected chi connectivity index (χ1v) is 8.01. The van der Waals surface area contributed by atoms with E-state index in [0.29, 0.717) is 6.10 Å². The molecule has 0 unspecified atom stereocenters. The van der Waals surface area contributed by atoms with E-state index in [1.54, 1.807) is 0 Å². The van der Waals surface area contributed by atoms with Crippen molar-refractivity contribution < 1.29 is 4.74 Å². The highest BCUT2D eigenvalue weighted by atomic mass is 16.5. The van der Waals surface area contributed by atoms with Crippen molar-refractivity contribution in [1.82, 2.24) is 4.40 Å². The molecular formula is C19H21NO. The predicted octanol–water partition coefficient (Wildman–Crippen LogP) is 4.94. The fraction of sp³-hybridized carbons (Fsp3) is 0.368. The number of fused-ring (bicyclic) bond motifs is 3. The molecule has 2 nitrogen and oxygen atoms in total. The Balaban J connectivity index is 1.67. The highest BCUT2D eigenvalue weighted by Gasteiger charge is 2.14. The number of benzene rings is 1. The molecule has 0 aliphatic heterocycles. The molecule has 1 aliphatic carbocycles. The fourth-order valence-corrected chi connectivity index (χ4v) is 3.50. The van der Waals surface area contributed by atoms with E-state index in [9.17, 15) is 0 Å². The van der Waals surface area contributed by atoms with Gasteiger partial charge >= 0.3 is 0 Å². The van der Waals surface area contributed by atoms with Crippen molar-refractivity contribution in [1.29, 1.82) is 0 Å². The van der Waals surface area contributed by atoms with Gasteiger partial charge in [-0.2, -0.15) is 0 Å². The summed E-state index contributed by atoms with van der Waals surface area (Å²) in [5, 5.41) is 1.28. The lowest BCUT2D eigenvalue weighted by Gasteiger charge is -2.22. The first kappa shape index (κ1) is 12.9. The first-order valence-electron chi connectivity index (χ1n) is 8.01. The molecule has 2 heteroatoms. The lowest BCUT2D eigenvalue weighted by atomic mass is 9.98. The standard InChI is InChI=1S/C19H21NO/c1-2-8-17(9-3-1)21-14-16-13-15-7-4-5-10-18(15)20-12-6-11-19(16)20/h4-7,10-13,17H,1-3,8-9,14H2. The van der Waals surface area contributed by atoms with Crippen molar-refractivity contribution in [2.45, 2.75) is 44.8 Å². The minimum Gasteiger partial charge on any atom is -0.373 e. The number of ether oxygens (including phenoxy) is 1. The third-order valence-corrected chi connectivity index (χ3v) is 4.63. The van der Waals surface area contributed by atoms with Crippen LogP contribution in [-0.2, 0) is 11.3 Å². The Morgan fingerprint density at radius 3 is 2.67 bits per heavy atom. The molecule has 4 rings (SSSR count). The smallest absolute Gasteiger partial charge is 0.0741 e. The van der Waals surface area contributed by atoms with Gasteiger partial charge in [0.1, 0.15) is 0 Å².